The molecule has 2 aromatic rings. The predicted octanol–water partition coefficient (Wildman–Crippen LogP) is 3.41. The number of nitro groups is 1. The maximum absolute atomic E-state index is 13.3. The molecule has 1 aliphatic heterocycles. The number of nitro benzene ring substituents is 1. The molecule has 152 valence electrons. The Kier molecular flexibility index (Phi) is 5.05. The van der Waals surface area contributed by atoms with Gasteiger partial charge in [0.05, 0.1) is 4.92 Å². The lowest BCUT2D eigenvalue weighted by atomic mass is 9.99. The highest BCUT2D eigenvalue weighted by Gasteiger charge is 2.50. The number of hydrogen-bond donors (Lipinski definition) is 2. The van der Waals surface area contributed by atoms with Crippen molar-refractivity contribution in [2.75, 3.05) is 0 Å². The van der Waals surface area contributed by atoms with Crippen LogP contribution in [0.25, 0.3) is 0 Å². The molecule has 3 rings (SSSR count). The van der Waals surface area contributed by atoms with Crippen LogP contribution in [0.4, 0.5) is 18.9 Å². The van der Waals surface area contributed by atoms with Gasteiger partial charge in [-0.25, -0.2) is 5.01 Å². The summed E-state index contributed by atoms with van der Waals surface area (Å²) < 4.78 is 39.8. The van der Waals surface area contributed by atoms with Gasteiger partial charge in [-0.3, -0.25) is 20.3 Å². The summed E-state index contributed by atoms with van der Waals surface area (Å²) in [5, 5.41) is 22.3. The minimum absolute atomic E-state index is 0.0525. The third kappa shape index (κ3) is 3.79. The molecular weight excluding hydrogens is 391 g/mol. The molecule has 0 spiro atoms. The van der Waals surface area contributed by atoms with E-state index in [1.165, 1.54) is 12.1 Å². The van der Waals surface area contributed by atoms with Crippen LogP contribution in [0.3, 0.4) is 0 Å². The van der Waals surface area contributed by atoms with Crippen molar-refractivity contribution in [3.05, 3.63) is 87.1 Å². The van der Waals surface area contributed by atoms with Crippen LogP contribution < -0.4 is 5.43 Å². The fraction of sp³-hybridized carbons (Fsp3) is 0.211. The highest BCUT2D eigenvalue weighted by atomic mass is 19.4. The van der Waals surface area contributed by atoms with Crippen molar-refractivity contribution in [2.24, 2.45) is 0 Å². The van der Waals surface area contributed by atoms with Gasteiger partial charge >= 0.3 is 6.18 Å². The minimum atomic E-state index is -4.83. The minimum Gasteiger partial charge on any atom is -0.362 e. The Morgan fingerprint density at radius 3 is 2.24 bits per heavy atom. The van der Waals surface area contributed by atoms with Crippen molar-refractivity contribution in [3.63, 3.8) is 0 Å². The van der Waals surface area contributed by atoms with E-state index in [-0.39, 0.29) is 16.8 Å². The van der Waals surface area contributed by atoms with Crippen LogP contribution in [0.15, 0.2) is 60.3 Å². The Bertz CT molecular complexity index is 972. The van der Waals surface area contributed by atoms with Crippen molar-refractivity contribution in [2.45, 2.75) is 25.2 Å². The smallest absolute Gasteiger partial charge is 0.362 e. The predicted molar refractivity (Wildman–Crippen MR) is 96.3 cm³/mol. The van der Waals surface area contributed by atoms with E-state index in [2.05, 4.69) is 0 Å². The largest absolute Gasteiger partial charge is 0.432 e. The molecule has 1 heterocycles. The number of amides is 1. The van der Waals surface area contributed by atoms with Crippen molar-refractivity contribution in [3.8, 4) is 0 Å². The number of alkyl halides is 3. The number of aryl methyl sites for hydroxylation is 1. The first-order valence-electron chi connectivity index (χ1n) is 8.53. The molecule has 0 bridgehead atoms. The van der Waals surface area contributed by atoms with Crippen molar-refractivity contribution < 1.29 is 28.0 Å². The molecule has 0 fully saturated rings. The SMILES string of the molecule is CCc1ccc(C2(O)C=C(C(F)(F)F)NN2C(=O)c2ccc([N+](=O)[O-])cc2)cc1. The molecule has 0 aliphatic carbocycles. The molecule has 7 nitrogen and oxygen atoms in total. The highest BCUT2D eigenvalue weighted by molar-refractivity contribution is 5.95. The Morgan fingerprint density at radius 1 is 1.17 bits per heavy atom. The second-order valence-electron chi connectivity index (χ2n) is 6.39. The summed E-state index contributed by atoms with van der Waals surface area (Å²) in [4.78, 5) is 22.9. The Balaban J connectivity index is 2.02. The number of benzene rings is 2. The number of hydrogen-bond acceptors (Lipinski definition) is 5. The molecule has 29 heavy (non-hydrogen) atoms. The zero-order chi connectivity index (χ0) is 21.4. The Labute approximate surface area is 163 Å². The molecule has 2 aromatic carbocycles. The van der Waals surface area contributed by atoms with Gasteiger partial charge < -0.3 is 5.11 Å². The summed E-state index contributed by atoms with van der Waals surface area (Å²) in [6.07, 6.45) is -3.62. The summed E-state index contributed by atoms with van der Waals surface area (Å²) in [5.41, 5.74) is -1.25. The normalized spacial score (nSPS) is 18.9. The van der Waals surface area contributed by atoms with Crippen LogP contribution in [0.5, 0.6) is 0 Å². The lowest BCUT2D eigenvalue weighted by Crippen LogP contribution is -2.51. The van der Waals surface area contributed by atoms with E-state index in [1.807, 2.05) is 12.3 Å². The lowest BCUT2D eigenvalue weighted by Gasteiger charge is -2.33. The summed E-state index contributed by atoms with van der Waals surface area (Å²) in [7, 11) is 0. The Morgan fingerprint density at radius 2 is 1.76 bits per heavy atom. The maximum atomic E-state index is 13.3. The van der Waals surface area contributed by atoms with Gasteiger partial charge in [-0.2, -0.15) is 13.2 Å². The molecule has 0 radical (unpaired) electrons. The molecule has 2 N–H and O–H groups in total. The van der Waals surface area contributed by atoms with E-state index < -0.39 is 28.4 Å². The number of allylic oxidation sites excluding steroid dienone is 1. The third-order valence-electron chi connectivity index (χ3n) is 4.54. The molecule has 1 aliphatic rings. The number of non-ortho nitro benzene ring substituents is 1. The van der Waals surface area contributed by atoms with Gasteiger partial charge in [-0.15, -0.1) is 0 Å². The van der Waals surface area contributed by atoms with E-state index in [0.717, 1.165) is 29.8 Å². The monoisotopic (exact) mass is 407 g/mol. The second kappa shape index (κ2) is 7.21. The fourth-order valence-corrected chi connectivity index (χ4v) is 2.91. The summed E-state index contributed by atoms with van der Waals surface area (Å²) in [6, 6.07) is 10.5. The van der Waals surface area contributed by atoms with Crippen molar-refractivity contribution >= 4 is 11.6 Å². The molecule has 10 heteroatoms. The molecule has 0 saturated carbocycles. The first-order chi connectivity index (χ1) is 13.6. The van der Waals surface area contributed by atoms with E-state index >= 15 is 0 Å². The molecule has 1 unspecified atom stereocenters. The van der Waals surface area contributed by atoms with E-state index in [0.29, 0.717) is 17.5 Å². The van der Waals surface area contributed by atoms with E-state index in [1.54, 1.807) is 12.1 Å². The summed E-state index contributed by atoms with van der Waals surface area (Å²) in [6.45, 7) is 1.90. The van der Waals surface area contributed by atoms with Gasteiger partial charge in [0.25, 0.3) is 11.6 Å². The van der Waals surface area contributed by atoms with Crippen LogP contribution in [-0.2, 0) is 12.1 Å². The average Bonchev–Trinajstić information content (AvgIpc) is 3.06. The molecular formula is C19H16F3N3O4. The van der Waals surface area contributed by atoms with Crippen molar-refractivity contribution in [1.82, 2.24) is 10.4 Å². The van der Waals surface area contributed by atoms with Gasteiger partial charge in [-0.05, 0) is 24.1 Å². The number of carbonyl (C=O) groups is 1. The number of aliphatic hydroxyl groups is 1. The lowest BCUT2D eigenvalue weighted by molar-refractivity contribution is -0.384. The standard InChI is InChI=1S/C19H16F3N3O4/c1-2-12-3-7-14(8-4-12)18(27)11-16(19(20,21)22)23-24(18)17(26)13-5-9-15(10-6-13)25(28)29/h3-11,23,27H,2H2,1H3. The number of hydrazine groups is 1. The fourth-order valence-electron chi connectivity index (χ4n) is 2.91. The van der Waals surface area contributed by atoms with Crippen LogP contribution >= 0.6 is 0 Å². The number of carbonyl (C=O) groups excluding carboxylic acids is 1. The summed E-state index contributed by atoms with van der Waals surface area (Å²) >= 11 is 0. The van der Waals surface area contributed by atoms with Gasteiger partial charge in [0.15, 0.2) is 0 Å². The molecule has 1 atom stereocenters. The first kappa shape index (κ1) is 20.3. The third-order valence-corrected chi connectivity index (χ3v) is 4.54. The highest BCUT2D eigenvalue weighted by Crippen LogP contribution is 2.38. The number of nitrogens with zero attached hydrogens (tertiary/aromatic N) is 2. The zero-order valence-corrected chi connectivity index (χ0v) is 15.1. The quantitative estimate of drug-likeness (QED) is 0.598. The molecule has 1 amide bonds. The number of nitrogens with one attached hydrogen (secondary N) is 1. The van der Waals surface area contributed by atoms with E-state index in [4.69, 9.17) is 0 Å². The van der Waals surface area contributed by atoms with Gasteiger partial charge in [0, 0.05) is 29.3 Å². The maximum Gasteiger partial charge on any atom is 0.432 e. The van der Waals surface area contributed by atoms with E-state index in [9.17, 15) is 33.2 Å². The van der Waals surface area contributed by atoms with Crippen LogP contribution in [0, 0.1) is 10.1 Å². The van der Waals surface area contributed by atoms with Crippen LogP contribution in [0.2, 0.25) is 0 Å². The van der Waals surface area contributed by atoms with Crippen molar-refractivity contribution in [1.29, 1.82) is 0 Å². The van der Waals surface area contributed by atoms with Crippen LogP contribution in [-0.4, -0.2) is 27.1 Å². The van der Waals surface area contributed by atoms with Crippen LogP contribution in [0.1, 0.15) is 28.4 Å². The zero-order valence-electron chi connectivity index (χ0n) is 15.1. The topological polar surface area (TPSA) is 95.7 Å². The number of halogens is 3. The first-order valence-corrected chi connectivity index (χ1v) is 8.53. The van der Waals surface area contributed by atoms with Gasteiger partial charge in [-0.1, -0.05) is 31.2 Å². The second-order valence-corrected chi connectivity index (χ2v) is 6.39. The Hall–Kier alpha value is -3.40. The summed E-state index contributed by atoms with van der Waals surface area (Å²) in [5.74, 6) is -0.988. The average molecular weight is 407 g/mol. The van der Waals surface area contributed by atoms with Gasteiger partial charge in [0.2, 0.25) is 5.72 Å². The van der Waals surface area contributed by atoms with Gasteiger partial charge in [0.1, 0.15) is 5.70 Å². The number of rotatable bonds is 4. The molecule has 0 aromatic heterocycles. The molecule has 0 saturated heterocycles.